The molecule has 1 fully saturated rings. The van der Waals surface area contributed by atoms with E-state index in [-0.39, 0.29) is 5.41 Å². The zero-order valence-electron chi connectivity index (χ0n) is 11.2. The van der Waals surface area contributed by atoms with Crippen LogP contribution < -0.4 is 11.1 Å². The Balaban J connectivity index is 2.03. The summed E-state index contributed by atoms with van der Waals surface area (Å²) in [4.78, 5) is 0. The number of halogens is 1. The molecule has 2 rings (SSSR count). The topological polar surface area (TPSA) is 47.3 Å². The highest BCUT2D eigenvalue weighted by Crippen LogP contribution is 2.44. The fraction of sp³-hybridized carbons (Fsp3) is 0.571. The zero-order valence-corrected chi connectivity index (χ0v) is 12.8. The first-order valence-electron chi connectivity index (χ1n) is 6.38. The van der Waals surface area contributed by atoms with Crippen molar-refractivity contribution in [2.75, 3.05) is 17.7 Å². The third kappa shape index (κ3) is 2.50. The van der Waals surface area contributed by atoms with Crippen LogP contribution in [0.1, 0.15) is 27.2 Å². The van der Waals surface area contributed by atoms with Gasteiger partial charge in [-0.1, -0.05) is 29.8 Å². The number of nitrogens with one attached hydrogen (secondary N) is 1. The van der Waals surface area contributed by atoms with Crippen molar-refractivity contribution in [3.05, 3.63) is 22.7 Å². The summed E-state index contributed by atoms with van der Waals surface area (Å²) in [5.74, 6) is 0. The van der Waals surface area contributed by atoms with E-state index in [4.69, 9.17) is 10.5 Å². The average Bonchev–Trinajstić information content (AvgIpc) is 2.30. The maximum absolute atomic E-state index is 6.01. The summed E-state index contributed by atoms with van der Waals surface area (Å²) < 4.78 is 6.74. The summed E-state index contributed by atoms with van der Waals surface area (Å²) >= 11 is 3.42. The number of hydrogen-bond donors (Lipinski definition) is 2. The van der Waals surface area contributed by atoms with E-state index in [1.54, 1.807) is 0 Å². The van der Waals surface area contributed by atoms with E-state index in [0.29, 0.717) is 12.1 Å². The van der Waals surface area contributed by atoms with Crippen LogP contribution in [-0.4, -0.2) is 18.8 Å². The molecule has 2 atom stereocenters. The molecule has 3 nitrogen and oxygen atoms in total. The molecule has 4 heteroatoms. The maximum Gasteiger partial charge on any atom is 0.0665 e. The quantitative estimate of drug-likeness (QED) is 0.834. The highest BCUT2D eigenvalue weighted by molar-refractivity contribution is 9.10. The first-order chi connectivity index (χ1) is 8.45. The van der Waals surface area contributed by atoms with Crippen molar-refractivity contribution in [1.29, 1.82) is 0 Å². The van der Waals surface area contributed by atoms with Crippen LogP contribution in [0.15, 0.2) is 22.7 Å². The molecule has 1 aromatic carbocycles. The number of benzene rings is 1. The van der Waals surface area contributed by atoms with Crippen molar-refractivity contribution in [3.8, 4) is 0 Å². The molecular weight excluding hydrogens is 292 g/mol. The van der Waals surface area contributed by atoms with Crippen molar-refractivity contribution < 1.29 is 4.74 Å². The van der Waals surface area contributed by atoms with Crippen LogP contribution in [0, 0.1) is 5.41 Å². The average molecular weight is 313 g/mol. The van der Waals surface area contributed by atoms with Gasteiger partial charge in [-0.3, -0.25) is 0 Å². The van der Waals surface area contributed by atoms with Crippen molar-refractivity contribution in [3.63, 3.8) is 0 Å². The van der Waals surface area contributed by atoms with Crippen molar-refractivity contribution >= 4 is 27.3 Å². The van der Waals surface area contributed by atoms with Gasteiger partial charge in [0, 0.05) is 22.5 Å². The number of nitrogen functional groups attached to an aromatic ring is 1. The summed E-state index contributed by atoms with van der Waals surface area (Å²) in [6, 6.07) is 6.36. The lowest BCUT2D eigenvalue weighted by molar-refractivity contribution is -0.0975. The first-order valence-corrected chi connectivity index (χ1v) is 7.17. The molecule has 1 saturated carbocycles. The molecule has 0 spiro atoms. The molecule has 0 aromatic heterocycles. The van der Waals surface area contributed by atoms with Gasteiger partial charge in [0.1, 0.15) is 0 Å². The Morgan fingerprint density at radius 1 is 1.50 bits per heavy atom. The largest absolute Gasteiger partial charge is 0.397 e. The van der Waals surface area contributed by atoms with Crippen LogP contribution in [0.4, 0.5) is 11.4 Å². The summed E-state index contributed by atoms with van der Waals surface area (Å²) in [5.41, 5.74) is 7.94. The highest BCUT2D eigenvalue weighted by atomic mass is 79.9. The van der Waals surface area contributed by atoms with Crippen LogP contribution >= 0.6 is 15.9 Å². The van der Waals surface area contributed by atoms with Crippen LogP contribution in [0.25, 0.3) is 0 Å². The van der Waals surface area contributed by atoms with E-state index in [1.807, 2.05) is 25.1 Å². The Bertz CT molecular complexity index is 434. The van der Waals surface area contributed by atoms with E-state index in [9.17, 15) is 0 Å². The van der Waals surface area contributed by atoms with Gasteiger partial charge in [-0.25, -0.2) is 0 Å². The Hall–Kier alpha value is -0.740. The molecule has 1 aliphatic rings. The monoisotopic (exact) mass is 312 g/mol. The Morgan fingerprint density at radius 2 is 2.22 bits per heavy atom. The predicted molar refractivity (Wildman–Crippen MR) is 79.8 cm³/mol. The molecule has 1 aliphatic carbocycles. The fourth-order valence-corrected chi connectivity index (χ4v) is 2.85. The van der Waals surface area contributed by atoms with E-state index in [1.165, 1.54) is 0 Å². The second-order valence-corrected chi connectivity index (χ2v) is 6.35. The summed E-state index contributed by atoms with van der Waals surface area (Å²) in [6.07, 6.45) is 1.38. The second-order valence-electron chi connectivity index (χ2n) is 5.43. The number of nitrogens with two attached hydrogens (primary N) is 1. The molecule has 0 aliphatic heterocycles. The van der Waals surface area contributed by atoms with Crippen molar-refractivity contribution in [2.45, 2.75) is 39.3 Å². The van der Waals surface area contributed by atoms with Crippen molar-refractivity contribution in [2.24, 2.45) is 5.41 Å². The van der Waals surface area contributed by atoms with E-state index >= 15 is 0 Å². The van der Waals surface area contributed by atoms with E-state index in [2.05, 4.69) is 35.1 Å². The minimum atomic E-state index is 0.148. The molecule has 2 unspecified atom stereocenters. The Kier molecular flexibility index (Phi) is 3.87. The van der Waals surface area contributed by atoms with Crippen LogP contribution in [0.5, 0.6) is 0 Å². The molecule has 0 heterocycles. The number of hydrogen-bond acceptors (Lipinski definition) is 3. The molecule has 0 radical (unpaired) electrons. The van der Waals surface area contributed by atoms with Gasteiger partial charge in [-0.05, 0) is 31.5 Å². The summed E-state index contributed by atoms with van der Waals surface area (Å²) in [7, 11) is 0. The molecule has 0 saturated heterocycles. The molecular formula is C14H21BrN2O. The van der Waals surface area contributed by atoms with Crippen molar-refractivity contribution in [1.82, 2.24) is 0 Å². The van der Waals surface area contributed by atoms with E-state index in [0.717, 1.165) is 28.9 Å². The van der Waals surface area contributed by atoms with Crippen LogP contribution in [0.2, 0.25) is 0 Å². The minimum absolute atomic E-state index is 0.148. The number of ether oxygens (including phenoxy) is 1. The number of anilines is 2. The van der Waals surface area contributed by atoms with Crippen LogP contribution in [0.3, 0.4) is 0 Å². The first kappa shape index (κ1) is 13.7. The zero-order chi connectivity index (χ0) is 13.3. The Morgan fingerprint density at radius 3 is 2.78 bits per heavy atom. The van der Waals surface area contributed by atoms with Gasteiger partial charge >= 0.3 is 0 Å². The number of rotatable bonds is 4. The highest BCUT2D eigenvalue weighted by Gasteiger charge is 2.48. The van der Waals surface area contributed by atoms with Gasteiger partial charge in [0.15, 0.2) is 0 Å². The second kappa shape index (κ2) is 5.10. The van der Waals surface area contributed by atoms with Gasteiger partial charge in [0.2, 0.25) is 0 Å². The molecule has 0 bridgehead atoms. The van der Waals surface area contributed by atoms with Gasteiger partial charge in [-0.2, -0.15) is 0 Å². The molecule has 0 amide bonds. The SMILES string of the molecule is CCOC1CC(Nc2ccc(Br)cc2N)C1(C)C. The van der Waals surface area contributed by atoms with Gasteiger partial charge in [0.25, 0.3) is 0 Å². The summed E-state index contributed by atoms with van der Waals surface area (Å²) in [6.45, 7) is 7.30. The van der Waals surface area contributed by atoms with Gasteiger partial charge in [0.05, 0.1) is 17.5 Å². The maximum atomic E-state index is 6.01. The predicted octanol–water partition coefficient (Wildman–Crippen LogP) is 3.65. The van der Waals surface area contributed by atoms with Gasteiger partial charge in [-0.15, -0.1) is 0 Å². The summed E-state index contributed by atoms with van der Waals surface area (Å²) in [5, 5.41) is 3.53. The van der Waals surface area contributed by atoms with Crippen LogP contribution in [-0.2, 0) is 4.74 Å². The molecule has 100 valence electrons. The lowest BCUT2D eigenvalue weighted by Crippen LogP contribution is -2.58. The lowest BCUT2D eigenvalue weighted by Gasteiger charge is -2.52. The molecule has 1 aromatic rings. The smallest absolute Gasteiger partial charge is 0.0665 e. The molecule has 3 N–H and O–H groups in total. The fourth-order valence-electron chi connectivity index (χ4n) is 2.47. The lowest BCUT2D eigenvalue weighted by atomic mass is 9.64. The third-order valence-electron chi connectivity index (χ3n) is 3.89. The third-order valence-corrected chi connectivity index (χ3v) is 4.38. The minimum Gasteiger partial charge on any atom is -0.397 e. The molecule has 18 heavy (non-hydrogen) atoms. The Labute approximate surface area is 117 Å². The standard InChI is InChI=1S/C14H21BrN2O/c1-4-18-13-8-12(14(13,2)3)17-11-6-5-9(15)7-10(11)16/h5-7,12-13,17H,4,8,16H2,1-3H3. The van der Waals surface area contributed by atoms with E-state index < -0.39 is 0 Å². The van der Waals surface area contributed by atoms with Gasteiger partial charge < -0.3 is 15.8 Å². The normalized spacial score (nSPS) is 25.6.